The first-order chi connectivity index (χ1) is 21.8. The summed E-state index contributed by atoms with van der Waals surface area (Å²) in [5.74, 6) is -6.90. The predicted octanol–water partition coefficient (Wildman–Crippen LogP) is 1.08. The zero-order valence-electron chi connectivity index (χ0n) is 23.1. The van der Waals surface area contributed by atoms with Gasteiger partial charge in [-0.25, -0.2) is 9.59 Å². The van der Waals surface area contributed by atoms with E-state index < -0.39 is 89.2 Å². The van der Waals surface area contributed by atoms with E-state index in [0.717, 1.165) is 18.2 Å². The second-order valence-corrected chi connectivity index (χ2v) is 10.5. The molecule has 0 saturated carbocycles. The summed E-state index contributed by atoms with van der Waals surface area (Å²) in [6.07, 6.45) is -9.01. The lowest BCUT2D eigenvalue weighted by atomic mass is 9.98. The van der Waals surface area contributed by atoms with E-state index in [1.807, 2.05) is 0 Å². The first-order valence-electron chi connectivity index (χ1n) is 13.4. The maximum Gasteiger partial charge on any atom is 0.344 e. The number of aliphatic hydroxyl groups excluding tert-OH is 3. The largest absolute Gasteiger partial charge is 0.507 e. The minimum absolute atomic E-state index is 0.0488. The van der Waals surface area contributed by atoms with Crippen LogP contribution in [0.1, 0.15) is 10.4 Å². The third kappa shape index (κ3) is 4.81. The van der Waals surface area contributed by atoms with Gasteiger partial charge in [0.2, 0.25) is 12.0 Å². The molecule has 0 bridgehead atoms. The summed E-state index contributed by atoms with van der Waals surface area (Å²) in [5.41, 5.74) is -1.54. The minimum Gasteiger partial charge on any atom is -0.507 e. The Hall–Kier alpha value is -5.68. The Morgan fingerprint density at radius 2 is 1.39 bits per heavy atom. The number of carbonyl (C=O) groups excluding carboxylic acids is 1. The molecule has 2 heterocycles. The number of carbonyl (C=O) groups is 1. The van der Waals surface area contributed by atoms with Crippen molar-refractivity contribution in [3.63, 3.8) is 0 Å². The van der Waals surface area contributed by atoms with Crippen LogP contribution in [-0.2, 0) is 9.47 Å². The lowest BCUT2D eigenvalue weighted by Gasteiger charge is -2.40. The van der Waals surface area contributed by atoms with Crippen molar-refractivity contribution in [2.45, 2.75) is 30.7 Å². The molecule has 1 aromatic heterocycles. The van der Waals surface area contributed by atoms with Gasteiger partial charge < -0.3 is 69.7 Å². The van der Waals surface area contributed by atoms with Crippen molar-refractivity contribution < 1.29 is 74.5 Å². The summed E-state index contributed by atoms with van der Waals surface area (Å²) in [6, 6.07) is 7.76. The summed E-state index contributed by atoms with van der Waals surface area (Å²) >= 11 is 0. The van der Waals surface area contributed by atoms with Gasteiger partial charge in [-0.2, -0.15) is 0 Å². The van der Waals surface area contributed by atoms with E-state index in [1.54, 1.807) is 0 Å². The molecule has 0 spiro atoms. The zero-order chi connectivity index (χ0) is 33.2. The minimum atomic E-state index is -1.93. The summed E-state index contributed by atoms with van der Waals surface area (Å²) < 4.78 is 22.0. The molecule has 10 N–H and O–H groups in total. The number of esters is 1. The standard InChI is InChI=1S/C30H24O16/c31-13-3-1-2-10-20(13)17(7-11-19-12(29(42)46-27(10)11)6-16(34)22(36)24(19)38)44-30-26(40)25(39)23(37)18(45-30)8-43-28(41)9-4-14(32)21(35)15(33)5-9/h1-7,18,23,25-26,30-40H,8H2. The fraction of sp³-hybridized carbons (Fsp3) is 0.200. The first kappa shape index (κ1) is 30.4. The van der Waals surface area contributed by atoms with E-state index >= 15 is 0 Å². The van der Waals surface area contributed by atoms with Crippen LogP contribution in [0, 0.1) is 0 Å². The van der Waals surface area contributed by atoms with Crippen molar-refractivity contribution in [2.24, 2.45) is 0 Å². The van der Waals surface area contributed by atoms with Crippen molar-refractivity contribution in [3.05, 3.63) is 58.4 Å². The number of phenols is 7. The van der Waals surface area contributed by atoms with Crippen molar-refractivity contribution in [1.29, 1.82) is 0 Å². The van der Waals surface area contributed by atoms with Crippen molar-refractivity contribution in [3.8, 4) is 46.0 Å². The average Bonchev–Trinajstić information content (AvgIpc) is 3.02. The third-order valence-corrected chi connectivity index (χ3v) is 7.59. The molecule has 16 heteroatoms. The lowest BCUT2D eigenvalue weighted by Crippen LogP contribution is -2.60. The Labute approximate surface area is 254 Å². The van der Waals surface area contributed by atoms with Gasteiger partial charge in [-0.05, 0) is 30.3 Å². The van der Waals surface area contributed by atoms with Crippen LogP contribution in [-0.4, -0.2) is 94.3 Å². The Bertz CT molecular complexity index is 2080. The van der Waals surface area contributed by atoms with Gasteiger partial charge in [0.15, 0.2) is 28.7 Å². The van der Waals surface area contributed by atoms with Crippen molar-refractivity contribution in [2.75, 3.05) is 6.61 Å². The molecule has 16 nitrogen and oxygen atoms in total. The molecule has 0 amide bonds. The molecule has 46 heavy (non-hydrogen) atoms. The highest BCUT2D eigenvalue weighted by Crippen LogP contribution is 2.47. The topological polar surface area (TPSA) is 277 Å². The molecular formula is C30H24O16. The smallest absolute Gasteiger partial charge is 0.344 e. The number of fused-ring (bicyclic) bond motifs is 5. The molecule has 240 valence electrons. The van der Waals surface area contributed by atoms with Crippen molar-refractivity contribution >= 4 is 38.5 Å². The highest BCUT2D eigenvalue weighted by Gasteiger charge is 2.46. The number of rotatable bonds is 5. The molecule has 1 saturated heterocycles. The second kappa shape index (κ2) is 11.0. The van der Waals surface area contributed by atoms with Gasteiger partial charge in [-0.3, -0.25) is 0 Å². The summed E-state index contributed by atoms with van der Waals surface area (Å²) in [5, 5.41) is 102. The van der Waals surface area contributed by atoms with Gasteiger partial charge >= 0.3 is 11.6 Å². The Morgan fingerprint density at radius 3 is 2.09 bits per heavy atom. The van der Waals surface area contributed by atoms with Gasteiger partial charge in [0, 0.05) is 16.2 Å². The number of phenolic OH excluding ortho intramolecular Hbond substituents is 7. The van der Waals surface area contributed by atoms with Gasteiger partial charge in [-0.1, -0.05) is 12.1 Å². The number of aliphatic hydroxyl groups is 3. The fourth-order valence-corrected chi connectivity index (χ4v) is 5.26. The van der Waals surface area contributed by atoms with Crippen LogP contribution in [0.25, 0.3) is 32.5 Å². The van der Waals surface area contributed by atoms with E-state index in [-0.39, 0.29) is 43.8 Å². The van der Waals surface area contributed by atoms with E-state index in [0.29, 0.717) is 0 Å². The Kier molecular flexibility index (Phi) is 7.28. The molecule has 1 aliphatic heterocycles. The normalized spacial score (nSPS) is 21.5. The van der Waals surface area contributed by atoms with E-state index in [9.17, 15) is 60.7 Å². The predicted molar refractivity (Wildman–Crippen MR) is 153 cm³/mol. The highest BCUT2D eigenvalue weighted by molar-refractivity contribution is 6.19. The summed E-state index contributed by atoms with van der Waals surface area (Å²) in [7, 11) is 0. The van der Waals surface area contributed by atoms with Gasteiger partial charge in [-0.15, -0.1) is 0 Å². The van der Waals surface area contributed by atoms with Crippen LogP contribution in [0.2, 0.25) is 0 Å². The van der Waals surface area contributed by atoms with Crippen LogP contribution < -0.4 is 10.4 Å². The first-order valence-corrected chi connectivity index (χ1v) is 13.4. The van der Waals surface area contributed by atoms with Gasteiger partial charge in [0.25, 0.3) is 0 Å². The van der Waals surface area contributed by atoms with E-state index in [4.69, 9.17) is 18.6 Å². The molecule has 1 fully saturated rings. The monoisotopic (exact) mass is 640 g/mol. The molecular weight excluding hydrogens is 616 g/mol. The SMILES string of the molecule is O=C(OCC1OC(Oc2cc3c(oc(=O)c4cc(O)c(O)c(O)c43)c3cccc(O)c23)C(O)C(O)C1O)c1cc(O)c(O)c(O)c1. The molecule has 5 aromatic rings. The second-order valence-electron chi connectivity index (χ2n) is 10.5. The maximum absolute atomic E-state index is 12.8. The number of aromatic hydroxyl groups is 7. The Morgan fingerprint density at radius 1 is 0.717 bits per heavy atom. The third-order valence-electron chi connectivity index (χ3n) is 7.59. The fourth-order valence-electron chi connectivity index (χ4n) is 5.26. The summed E-state index contributed by atoms with van der Waals surface area (Å²) in [6.45, 7) is -0.748. The average molecular weight is 641 g/mol. The van der Waals surface area contributed by atoms with Crippen LogP contribution >= 0.6 is 0 Å². The summed E-state index contributed by atoms with van der Waals surface area (Å²) in [4.78, 5) is 25.3. The highest BCUT2D eigenvalue weighted by atomic mass is 16.7. The van der Waals surface area contributed by atoms with Crippen LogP contribution in [0.15, 0.2) is 51.7 Å². The van der Waals surface area contributed by atoms with Crippen LogP contribution in [0.3, 0.4) is 0 Å². The zero-order valence-corrected chi connectivity index (χ0v) is 23.1. The molecule has 5 unspecified atom stereocenters. The maximum atomic E-state index is 12.8. The quantitative estimate of drug-likeness (QED) is 0.0557. The molecule has 6 rings (SSSR count). The van der Waals surface area contributed by atoms with E-state index in [2.05, 4.69) is 0 Å². The molecule has 1 aliphatic rings. The van der Waals surface area contributed by atoms with Gasteiger partial charge in [0.05, 0.1) is 16.3 Å². The van der Waals surface area contributed by atoms with E-state index in [1.165, 1.54) is 24.3 Å². The number of hydrogen-bond acceptors (Lipinski definition) is 16. The lowest BCUT2D eigenvalue weighted by molar-refractivity contribution is -0.277. The number of hydrogen-bond donors (Lipinski definition) is 10. The van der Waals surface area contributed by atoms with Crippen molar-refractivity contribution in [1.82, 2.24) is 0 Å². The number of ether oxygens (including phenoxy) is 3. The van der Waals surface area contributed by atoms with Crippen LogP contribution in [0.5, 0.6) is 46.0 Å². The number of benzene rings is 4. The molecule has 0 radical (unpaired) electrons. The Balaban J connectivity index is 1.38. The van der Waals surface area contributed by atoms with Gasteiger partial charge in [0.1, 0.15) is 48.1 Å². The van der Waals surface area contributed by atoms with Crippen LogP contribution in [0.4, 0.5) is 0 Å². The molecule has 4 aromatic carbocycles. The molecule has 5 atom stereocenters. The molecule has 0 aliphatic carbocycles.